The number of hydrogen-bond donors (Lipinski definition) is 0. The van der Waals surface area contributed by atoms with Gasteiger partial charge in [0.2, 0.25) is 5.88 Å². The topological polar surface area (TPSA) is 22.1 Å². The molecule has 0 atom stereocenters. The summed E-state index contributed by atoms with van der Waals surface area (Å²) in [7, 11) is 0. The Morgan fingerprint density at radius 1 is 1.28 bits per heavy atom. The summed E-state index contributed by atoms with van der Waals surface area (Å²) in [4.78, 5) is 3.82. The Hall–Kier alpha value is -1.68. The minimum Gasteiger partial charge on any atom is -0.439 e. The third-order valence-electron chi connectivity index (χ3n) is 2.38. The van der Waals surface area contributed by atoms with E-state index < -0.39 is 5.82 Å². The number of pyridine rings is 1. The molecular weight excluding hydrogens is 260 g/mol. The van der Waals surface area contributed by atoms with Crippen molar-refractivity contribution in [3.05, 3.63) is 53.2 Å². The van der Waals surface area contributed by atoms with E-state index in [4.69, 9.17) is 16.3 Å². The van der Waals surface area contributed by atoms with E-state index in [1.165, 1.54) is 18.2 Å². The molecular formula is C13H10ClF2NO. The number of hydrogen-bond acceptors (Lipinski definition) is 2. The van der Waals surface area contributed by atoms with E-state index in [0.717, 1.165) is 6.20 Å². The van der Waals surface area contributed by atoms with Crippen molar-refractivity contribution in [3.8, 4) is 11.6 Å². The van der Waals surface area contributed by atoms with Gasteiger partial charge in [0.25, 0.3) is 0 Å². The van der Waals surface area contributed by atoms with Crippen molar-refractivity contribution in [3.63, 3.8) is 0 Å². The SMILES string of the molecule is Cc1cc(Oc2ncc(F)cc2CCl)ccc1F. The maximum absolute atomic E-state index is 13.1. The zero-order chi connectivity index (χ0) is 13.1. The molecule has 0 aliphatic carbocycles. The van der Waals surface area contributed by atoms with Gasteiger partial charge < -0.3 is 4.74 Å². The van der Waals surface area contributed by atoms with Crippen LogP contribution in [-0.2, 0) is 5.88 Å². The van der Waals surface area contributed by atoms with Crippen molar-refractivity contribution in [2.24, 2.45) is 0 Å². The summed E-state index contributed by atoms with van der Waals surface area (Å²) in [6.45, 7) is 1.63. The molecule has 2 aromatic rings. The van der Waals surface area contributed by atoms with Gasteiger partial charge in [-0.3, -0.25) is 0 Å². The number of alkyl halides is 1. The molecule has 1 aromatic heterocycles. The van der Waals surface area contributed by atoms with Crippen LogP contribution in [0.2, 0.25) is 0 Å². The lowest BCUT2D eigenvalue weighted by atomic mass is 10.2. The van der Waals surface area contributed by atoms with Gasteiger partial charge in [0, 0.05) is 5.56 Å². The van der Waals surface area contributed by atoms with Gasteiger partial charge in [-0.2, -0.15) is 0 Å². The largest absolute Gasteiger partial charge is 0.439 e. The lowest BCUT2D eigenvalue weighted by molar-refractivity contribution is 0.452. The fraction of sp³-hybridized carbons (Fsp3) is 0.154. The molecule has 1 aromatic carbocycles. The number of aromatic nitrogens is 1. The second-order valence-corrected chi connectivity index (χ2v) is 4.03. The lowest BCUT2D eigenvalue weighted by Crippen LogP contribution is -1.95. The van der Waals surface area contributed by atoms with Gasteiger partial charge in [-0.25, -0.2) is 13.8 Å². The van der Waals surface area contributed by atoms with Crippen molar-refractivity contribution in [2.75, 3.05) is 0 Å². The van der Waals surface area contributed by atoms with Crippen molar-refractivity contribution in [1.82, 2.24) is 4.98 Å². The van der Waals surface area contributed by atoms with Crippen LogP contribution < -0.4 is 4.74 Å². The van der Waals surface area contributed by atoms with Crippen LogP contribution in [-0.4, -0.2) is 4.98 Å². The summed E-state index contributed by atoms with van der Waals surface area (Å²) in [5.41, 5.74) is 0.903. The zero-order valence-corrected chi connectivity index (χ0v) is 10.3. The van der Waals surface area contributed by atoms with Crippen LogP contribution in [0.1, 0.15) is 11.1 Å². The van der Waals surface area contributed by atoms with Crippen LogP contribution in [0, 0.1) is 18.6 Å². The highest BCUT2D eigenvalue weighted by molar-refractivity contribution is 6.17. The monoisotopic (exact) mass is 269 g/mol. The van der Waals surface area contributed by atoms with Crippen LogP contribution in [0.5, 0.6) is 11.6 Å². The Morgan fingerprint density at radius 3 is 2.72 bits per heavy atom. The van der Waals surface area contributed by atoms with E-state index in [-0.39, 0.29) is 17.6 Å². The maximum Gasteiger partial charge on any atom is 0.223 e. The van der Waals surface area contributed by atoms with Crippen molar-refractivity contribution in [1.29, 1.82) is 0 Å². The molecule has 18 heavy (non-hydrogen) atoms. The van der Waals surface area contributed by atoms with Gasteiger partial charge >= 0.3 is 0 Å². The Bertz CT molecular complexity index is 575. The summed E-state index contributed by atoms with van der Waals surface area (Å²) in [6, 6.07) is 5.57. The number of benzene rings is 1. The predicted octanol–water partition coefficient (Wildman–Crippen LogP) is 4.20. The molecule has 2 rings (SSSR count). The summed E-state index contributed by atoms with van der Waals surface area (Å²) in [6.07, 6.45) is 1.04. The lowest BCUT2D eigenvalue weighted by Gasteiger charge is -2.09. The van der Waals surface area contributed by atoms with Crippen molar-refractivity contribution in [2.45, 2.75) is 12.8 Å². The number of ether oxygens (including phenoxy) is 1. The van der Waals surface area contributed by atoms with Gasteiger partial charge in [0.05, 0.1) is 12.1 Å². The quantitative estimate of drug-likeness (QED) is 0.779. The molecule has 0 saturated heterocycles. The second-order valence-electron chi connectivity index (χ2n) is 3.76. The molecule has 0 saturated carbocycles. The molecule has 0 radical (unpaired) electrons. The first-order valence-corrected chi connectivity index (χ1v) is 5.78. The van der Waals surface area contributed by atoms with Gasteiger partial charge in [-0.15, -0.1) is 11.6 Å². The maximum atomic E-state index is 13.1. The summed E-state index contributed by atoms with van der Waals surface area (Å²) < 4.78 is 31.5. The minimum absolute atomic E-state index is 0.0836. The normalized spacial score (nSPS) is 10.4. The molecule has 94 valence electrons. The van der Waals surface area contributed by atoms with Gasteiger partial charge in [0.15, 0.2) is 0 Å². The molecule has 0 aliphatic rings. The van der Waals surface area contributed by atoms with E-state index in [0.29, 0.717) is 16.9 Å². The van der Waals surface area contributed by atoms with Crippen LogP contribution in [0.25, 0.3) is 0 Å². The molecule has 1 heterocycles. The summed E-state index contributed by atoms with van der Waals surface area (Å²) >= 11 is 5.68. The van der Waals surface area contributed by atoms with Gasteiger partial charge in [0.1, 0.15) is 17.4 Å². The van der Waals surface area contributed by atoms with Crippen LogP contribution in [0.4, 0.5) is 8.78 Å². The van der Waals surface area contributed by atoms with E-state index >= 15 is 0 Å². The third-order valence-corrected chi connectivity index (χ3v) is 2.67. The highest BCUT2D eigenvalue weighted by Gasteiger charge is 2.08. The molecule has 0 aliphatic heterocycles. The zero-order valence-electron chi connectivity index (χ0n) is 9.58. The number of aryl methyl sites for hydroxylation is 1. The fourth-order valence-corrected chi connectivity index (χ4v) is 1.64. The Kier molecular flexibility index (Phi) is 3.77. The van der Waals surface area contributed by atoms with Gasteiger partial charge in [-0.1, -0.05) is 0 Å². The van der Waals surface area contributed by atoms with Crippen molar-refractivity contribution >= 4 is 11.6 Å². The first-order valence-electron chi connectivity index (χ1n) is 5.24. The van der Waals surface area contributed by atoms with E-state index in [1.54, 1.807) is 13.0 Å². The third kappa shape index (κ3) is 2.76. The van der Waals surface area contributed by atoms with Crippen molar-refractivity contribution < 1.29 is 13.5 Å². The summed E-state index contributed by atoms with van der Waals surface area (Å²) in [5.74, 6) is -0.0580. The average Bonchev–Trinajstić information content (AvgIpc) is 2.36. The Labute approximate surface area is 108 Å². The van der Waals surface area contributed by atoms with Gasteiger partial charge in [-0.05, 0) is 36.8 Å². The molecule has 5 heteroatoms. The molecule has 0 spiro atoms. The Balaban J connectivity index is 2.30. The molecule has 0 N–H and O–H groups in total. The molecule has 2 nitrogen and oxygen atoms in total. The molecule has 0 amide bonds. The molecule has 0 unspecified atom stereocenters. The first kappa shape index (κ1) is 12.8. The average molecular weight is 270 g/mol. The minimum atomic E-state index is -0.478. The Morgan fingerprint density at radius 2 is 2.06 bits per heavy atom. The van der Waals surface area contributed by atoms with Crippen LogP contribution in [0.15, 0.2) is 30.5 Å². The second kappa shape index (κ2) is 5.31. The molecule has 0 bridgehead atoms. The highest BCUT2D eigenvalue weighted by Crippen LogP contribution is 2.26. The smallest absolute Gasteiger partial charge is 0.223 e. The predicted molar refractivity (Wildman–Crippen MR) is 65.0 cm³/mol. The molecule has 0 fully saturated rings. The summed E-state index contributed by atoms with van der Waals surface area (Å²) in [5, 5.41) is 0. The first-order chi connectivity index (χ1) is 8.60. The van der Waals surface area contributed by atoms with Crippen LogP contribution in [0.3, 0.4) is 0 Å². The van der Waals surface area contributed by atoms with E-state index in [1.807, 2.05) is 0 Å². The standard InChI is InChI=1S/C13H10ClF2NO/c1-8-4-11(2-3-12(8)16)18-13-9(6-14)5-10(15)7-17-13/h2-5,7H,6H2,1H3. The van der Waals surface area contributed by atoms with E-state index in [9.17, 15) is 8.78 Å². The number of halogens is 3. The number of nitrogens with zero attached hydrogens (tertiary/aromatic N) is 1. The number of rotatable bonds is 3. The van der Waals surface area contributed by atoms with Crippen LogP contribution >= 0.6 is 11.6 Å². The fourth-order valence-electron chi connectivity index (χ4n) is 1.45. The highest BCUT2D eigenvalue weighted by atomic mass is 35.5. The van der Waals surface area contributed by atoms with E-state index in [2.05, 4.69) is 4.98 Å².